The van der Waals surface area contributed by atoms with Crippen molar-refractivity contribution in [3.8, 4) is 0 Å². The Bertz CT molecular complexity index is 1060. The number of hydrogen-bond acceptors (Lipinski definition) is 5. The van der Waals surface area contributed by atoms with Crippen LogP contribution in [0, 0.1) is 0 Å². The number of nitrogens with two attached hydrogens (primary N) is 1. The Morgan fingerprint density at radius 1 is 0.706 bits per heavy atom. The van der Waals surface area contributed by atoms with Crippen molar-refractivity contribution < 1.29 is 19.1 Å². The SMILES string of the molecule is NC(Cc1ccccc1)C(=O)NC(Cc1ccccc1)C(=O)NCC(=O)OCc1ccccc1. The number of carbonyl (C=O) groups excluding carboxylic acids is 3. The highest BCUT2D eigenvalue weighted by atomic mass is 16.5. The van der Waals surface area contributed by atoms with Crippen molar-refractivity contribution in [3.63, 3.8) is 0 Å². The Labute approximate surface area is 199 Å². The molecule has 0 spiro atoms. The Morgan fingerprint density at radius 2 is 1.21 bits per heavy atom. The van der Waals surface area contributed by atoms with Crippen LogP contribution in [-0.2, 0) is 38.6 Å². The van der Waals surface area contributed by atoms with Gasteiger partial charge < -0.3 is 21.1 Å². The summed E-state index contributed by atoms with van der Waals surface area (Å²) in [7, 11) is 0. The zero-order chi connectivity index (χ0) is 24.2. The Hall–Kier alpha value is -3.97. The Morgan fingerprint density at radius 3 is 1.76 bits per heavy atom. The van der Waals surface area contributed by atoms with E-state index in [0.717, 1.165) is 16.7 Å². The predicted octanol–water partition coefficient (Wildman–Crippen LogP) is 2.14. The second kappa shape index (κ2) is 12.9. The van der Waals surface area contributed by atoms with E-state index in [1.54, 1.807) is 0 Å². The average molecular weight is 460 g/mol. The van der Waals surface area contributed by atoms with Crippen LogP contribution in [0.25, 0.3) is 0 Å². The van der Waals surface area contributed by atoms with Gasteiger partial charge in [0.1, 0.15) is 19.2 Å². The molecule has 7 heteroatoms. The molecular weight excluding hydrogens is 430 g/mol. The van der Waals surface area contributed by atoms with E-state index in [0.29, 0.717) is 6.42 Å². The van der Waals surface area contributed by atoms with Gasteiger partial charge in [-0.15, -0.1) is 0 Å². The molecule has 0 radical (unpaired) electrons. The van der Waals surface area contributed by atoms with Gasteiger partial charge >= 0.3 is 5.97 Å². The third kappa shape index (κ3) is 8.18. The fraction of sp³-hybridized carbons (Fsp3) is 0.222. The second-order valence-corrected chi connectivity index (χ2v) is 7.91. The van der Waals surface area contributed by atoms with Crippen LogP contribution in [0.15, 0.2) is 91.0 Å². The molecule has 34 heavy (non-hydrogen) atoms. The molecule has 0 bridgehead atoms. The molecule has 0 aliphatic heterocycles. The van der Waals surface area contributed by atoms with Crippen LogP contribution < -0.4 is 16.4 Å². The highest BCUT2D eigenvalue weighted by Crippen LogP contribution is 2.06. The van der Waals surface area contributed by atoms with E-state index in [2.05, 4.69) is 10.6 Å². The number of hydrogen-bond donors (Lipinski definition) is 3. The summed E-state index contributed by atoms with van der Waals surface area (Å²) in [6.45, 7) is -0.184. The lowest BCUT2D eigenvalue weighted by molar-refractivity contribution is -0.145. The molecular formula is C27H29N3O4. The molecule has 176 valence electrons. The van der Waals surface area contributed by atoms with Gasteiger partial charge in [0.25, 0.3) is 0 Å². The second-order valence-electron chi connectivity index (χ2n) is 7.91. The summed E-state index contributed by atoms with van der Waals surface area (Å²) in [5, 5.41) is 5.30. The van der Waals surface area contributed by atoms with Crippen molar-refractivity contribution in [2.45, 2.75) is 31.5 Å². The standard InChI is InChI=1S/C27H29N3O4/c28-23(16-20-10-4-1-5-11-20)26(32)30-24(17-21-12-6-2-7-13-21)27(33)29-18-25(31)34-19-22-14-8-3-9-15-22/h1-15,23-24H,16-19,28H2,(H,29,33)(H,30,32). The van der Waals surface area contributed by atoms with Crippen molar-refractivity contribution in [2.24, 2.45) is 5.73 Å². The molecule has 3 aromatic rings. The molecule has 2 unspecified atom stereocenters. The number of ether oxygens (including phenoxy) is 1. The van der Waals surface area contributed by atoms with Crippen LogP contribution in [0.3, 0.4) is 0 Å². The van der Waals surface area contributed by atoms with Crippen LogP contribution in [0.5, 0.6) is 0 Å². The van der Waals surface area contributed by atoms with Crippen LogP contribution in [0.4, 0.5) is 0 Å². The largest absolute Gasteiger partial charge is 0.460 e. The lowest BCUT2D eigenvalue weighted by Crippen LogP contribution is -2.53. The number of amides is 2. The van der Waals surface area contributed by atoms with Crippen molar-refractivity contribution in [1.29, 1.82) is 0 Å². The number of benzene rings is 3. The first-order chi connectivity index (χ1) is 16.5. The highest BCUT2D eigenvalue weighted by molar-refractivity contribution is 5.91. The maximum absolute atomic E-state index is 12.9. The van der Waals surface area contributed by atoms with Crippen molar-refractivity contribution in [1.82, 2.24) is 10.6 Å². The summed E-state index contributed by atoms with van der Waals surface area (Å²) in [5.74, 6) is -1.49. The van der Waals surface area contributed by atoms with Gasteiger partial charge in [0.15, 0.2) is 0 Å². The third-order valence-electron chi connectivity index (χ3n) is 5.20. The normalized spacial score (nSPS) is 12.3. The monoisotopic (exact) mass is 459 g/mol. The first-order valence-electron chi connectivity index (χ1n) is 11.1. The van der Waals surface area contributed by atoms with E-state index in [1.165, 1.54) is 0 Å². The number of esters is 1. The molecule has 3 aromatic carbocycles. The molecule has 2 amide bonds. The van der Waals surface area contributed by atoms with Gasteiger partial charge in [0.2, 0.25) is 11.8 Å². The predicted molar refractivity (Wildman–Crippen MR) is 129 cm³/mol. The summed E-state index contributed by atoms with van der Waals surface area (Å²) >= 11 is 0. The van der Waals surface area contributed by atoms with E-state index >= 15 is 0 Å². The van der Waals surface area contributed by atoms with Crippen LogP contribution in [0.2, 0.25) is 0 Å². The van der Waals surface area contributed by atoms with Gasteiger partial charge in [-0.05, 0) is 23.1 Å². The van der Waals surface area contributed by atoms with Gasteiger partial charge in [-0.3, -0.25) is 14.4 Å². The first-order valence-corrected chi connectivity index (χ1v) is 11.1. The van der Waals surface area contributed by atoms with Gasteiger partial charge in [-0.1, -0.05) is 91.0 Å². The summed E-state index contributed by atoms with van der Waals surface area (Å²) in [4.78, 5) is 37.7. The Kier molecular flexibility index (Phi) is 9.37. The number of carbonyl (C=O) groups is 3. The first kappa shape index (κ1) is 24.7. The van der Waals surface area contributed by atoms with E-state index in [1.807, 2.05) is 91.0 Å². The molecule has 0 saturated heterocycles. The van der Waals surface area contributed by atoms with Crippen molar-refractivity contribution in [3.05, 3.63) is 108 Å². The van der Waals surface area contributed by atoms with Gasteiger partial charge in [0.05, 0.1) is 6.04 Å². The minimum absolute atomic E-state index is 0.119. The zero-order valence-electron chi connectivity index (χ0n) is 18.9. The third-order valence-corrected chi connectivity index (χ3v) is 5.20. The lowest BCUT2D eigenvalue weighted by atomic mass is 10.0. The molecule has 0 aliphatic rings. The summed E-state index contributed by atoms with van der Waals surface area (Å²) < 4.78 is 5.20. The van der Waals surface area contributed by atoms with E-state index in [9.17, 15) is 14.4 Å². The molecule has 0 fully saturated rings. The molecule has 4 N–H and O–H groups in total. The summed E-state index contributed by atoms with van der Waals surface area (Å²) in [6.07, 6.45) is 0.605. The minimum Gasteiger partial charge on any atom is -0.460 e. The molecule has 2 atom stereocenters. The fourth-order valence-corrected chi connectivity index (χ4v) is 3.37. The fourth-order valence-electron chi connectivity index (χ4n) is 3.37. The highest BCUT2D eigenvalue weighted by Gasteiger charge is 2.25. The van der Waals surface area contributed by atoms with Crippen molar-refractivity contribution in [2.75, 3.05) is 6.54 Å². The smallest absolute Gasteiger partial charge is 0.325 e. The van der Waals surface area contributed by atoms with Gasteiger partial charge in [0, 0.05) is 6.42 Å². The maximum atomic E-state index is 12.9. The zero-order valence-corrected chi connectivity index (χ0v) is 18.9. The van der Waals surface area contributed by atoms with Gasteiger partial charge in [-0.2, -0.15) is 0 Å². The molecule has 3 rings (SSSR count). The van der Waals surface area contributed by atoms with Crippen LogP contribution in [-0.4, -0.2) is 36.4 Å². The minimum atomic E-state index is -0.890. The molecule has 0 saturated carbocycles. The van der Waals surface area contributed by atoms with E-state index in [-0.39, 0.29) is 19.6 Å². The average Bonchev–Trinajstić information content (AvgIpc) is 2.87. The van der Waals surface area contributed by atoms with Gasteiger partial charge in [-0.25, -0.2) is 0 Å². The number of nitrogens with one attached hydrogen (secondary N) is 2. The molecule has 7 nitrogen and oxygen atoms in total. The van der Waals surface area contributed by atoms with Crippen LogP contribution >= 0.6 is 0 Å². The van der Waals surface area contributed by atoms with E-state index in [4.69, 9.17) is 10.5 Å². The number of rotatable bonds is 11. The summed E-state index contributed by atoms with van der Waals surface area (Å²) in [6, 6.07) is 26.3. The lowest BCUT2D eigenvalue weighted by Gasteiger charge is -2.21. The van der Waals surface area contributed by atoms with E-state index < -0.39 is 29.9 Å². The summed E-state index contributed by atoms with van der Waals surface area (Å²) in [5.41, 5.74) is 8.73. The van der Waals surface area contributed by atoms with Crippen molar-refractivity contribution >= 4 is 17.8 Å². The van der Waals surface area contributed by atoms with Crippen LogP contribution in [0.1, 0.15) is 16.7 Å². The maximum Gasteiger partial charge on any atom is 0.325 e. The topological polar surface area (TPSA) is 111 Å². The molecule has 0 aliphatic carbocycles. The molecule has 0 aromatic heterocycles. The quantitative estimate of drug-likeness (QED) is 0.381. The Balaban J connectivity index is 1.57. The molecule has 0 heterocycles.